The number of nitrogen functional groups attached to an aromatic ring is 1. The number of hydrogen-bond acceptors (Lipinski definition) is 3. The fourth-order valence-corrected chi connectivity index (χ4v) is 0.496. The molecule has 0 aliphatic heterocycles. The zero-order chi connectivity index (χ0) is 7.78. The maximum atomic E-state index is 12.3. The molecular weight excluding hydrogens is 142 g/mol. The predicted octanol–water partition coefficient (Wildman–Crippen LogP) is 1.37. The SMILES string of the molecule is CC(F)(F)c1cc(N)on1. The third-order valence-corrected chi connectivity index (χ3v) is 0.978. The lowest BCUT2D eigenvalue weighted by Crippen LogP contribution is -2.06. The van der Waals surface area contributed by atoms with Crippen LogP contribution >= 0.6 is 0 Å². The average Bonchev–Trinajstić information content (AvgIpc) is 2.11. The Hall–Kier alpha value is -1.13. The third kappa shape index (κ3) is 1.23. The first kappa shape index (κ1) is 6.98. The number of alkyl halides is 2. The molecule has 1 rings (SSSR count). The molecule has 0 aliphatic carbocycles. The normalized spacial score (nSPS) is 11.9. The summed E-state index contributed by atoms with van der Waals surface area (Å²) in [5.41, 5.74) is 4.57. The van der Waals surface area contributed by atoms with Crippen molar-refractivity contribution in [2.75, 3.05) is 5.73 Å². The van der Waals surface area contributed by atoms with Gasteiger partial charge < -0.3 is 10.3 Å². The minimum absolute atomic E-state index is 0.100. The van der Waals surface area contributed by atoms with Crippen molar-refractivity contribution in [3.63, 3.8) is 0 Å². The monoisotopic (exact) mass is 148 g/mol. The molecule has 2 N–H and O–H groups in total. The van der Waals surface area contributed by atoms with Gasteiger partial charge in [-0.1, -0.05) is 5.16 Å². The maximum absolute atomic E-state index is 12.3. The van der Waals surface area contributed by atoms with E-state index in [-0.39, 0.29) is 5.88 Å². The molecule has 5 heteroatoms. The van der Waals surface area contributed by atoms with Gasteiger partial charge in [-0.05, 0) is 0 Å². The van der Waals surface area contributed by atoms with E-state index in [9.17, 15) is 8.78 Å². The first-order valence-corrected chi connectivity index (χ1v) is 2.60. The second kappa shape index (κ2) is 1.93. The predicted molar refractivity (Wildman–Crippen MR) is 30.5 cm³/mol. The van der Waals surface area contributed by atoms with Crippen molar-refractivity contribution in [2.45, 2.75) is 12.8 Å². The van der Waals surface area contributed by atoms with E-state index in [2.05, 4.69) is 9.68 Å². The highest BCUT2D eigenvalue weighted by atomic mass is 19.3. The lowest BCUT2D eigenvalue weighted by atomic mass is 10.3. The van der Waals surface area contributed by atoms with E-state index in [4.69, 9.17) is 5.73 Å². The standard InChI is InChI=1S/C5H6F2N2O/c1-5(6,7)3-2-4(8)10-9-3/h2H,8H2,1H3. The van der Waals surface area contributed by atoms with Crippen LogP contribution in [0.25, 0.3) is 0 Å². The summed E-state index contributed by atoms with van der Waals surface area (Å²) in [5.74, 6) is -3.07. The van der Waals surface area contributed by atoms with Gasteiger partial charge >= 0.3 is 0 Å². The smallest absolute Gasteiger partial charge is 0.290 e. The molecule has 0 aromatic carbocycles. The molecule has 0 fully saturated rings. The number of aromatic nitrogens is 1. The molecular formula is C5H6F2N2O. The lowest BCUT2D eigenvalue weighted by Gasteiger charge is -2.02. The van der Waals surface area contributed by atoms with Gasteiger partial charge in [0.1, 0.15) is 0 Å². The topological polar surface area (TPSA) is 52.0 Å². The summed E-state index contributed by atoms with van der Waals surface area (Å²) in [7, 11) is 0. The summed E-state index contributed by atoms with van der Waals surface area (Å²) in [5, 5.41) is 3.04. The minimum atomic E-state index is -2.97. The molecule has 56 valence electrons. The van der Waals surface area contributed by atoms with Crippen LogP contribution in [0.3, 0.4) is 0 Å². The number of rotatable bonds is 1. The Balaban J connectivity index is 2.96. The van der Waals surface area contributed by atoms with Gasteiger partial charge in [-0.15, -0.1) is 0 Å². The average molecular weight is 148 g/mol. The third-order valence-electron chi connectivity index (χ3n) is 0.978. The van der Waals surface area contributed by atoms with E-state index >= 15 is 0 Å². The lowest BCUT2D eigenvalue weighted by molar-refractivity contribution is 0.00975. The van der Waals surface area contributed by atoms with Crippen molar-refractivity contribution >= 4 is 5.88 Å². The number of nitrogens with two attached hydrogens (primary N) is 1. The summed E-state index contributed by atoms with van der Waals surface area (Å²) in [6.45, 7) is 0.726. The molecule has 0 unspecified atom stereocenters. The van der Waals surface area contributed by atoms with Crippen molar-refractivity contribution in [3.8, 4) is 0 Å². The van der Waals surface area contributed by atoms with Gasteiger partial charge in [-0.3, -0.25) is 0 Å². The molecule has 3 nitrogen and oxygen atoms in total. The summed E-state index contributed by atoms with van der Waals surface area (Å²) in [6, 6.07) is 1.000. The molecule has 0 radical (unpaired) electrons. The Labute approximate surface area is 55.8 Å². The van der Waals surface area contributed by atoms with Crippen LogP contribution in [-0.2, 0) is 5.92 Å². The van der Waals surface area contributed by atoms with Crippen LogP contribution in [0.1, 0.15) is 12.6 Å². The molecule has 0 saturated carbocycles. The fraction of sp³-hybridized carbons (Fsp3) is 0.400. The minimum Gasteiger partial charge on any atom is -0.368 e. The van der Waals surface area contributed by atoms with Crippen molar-refractivity contribution in [1.82, 2.24) is 5.16 Å². The van der Waals surface area contributed by atoms with Crippen LogP contribution in [0.4, 0.5) is 14.7 Å². The van der Waals surface area contributed by atoms with E-state index in [0.29, 0.717) is 0 Å². The van der Waals surface area contributed by atoms with Crippen LogP contribution in [0.5, 0.6) is 0 Å². The van der Waals surface area contributed by atoms with E-state index in [1.54, 1.807) is 0 Å². The Kier molecular flexibility index (Phi) is 1.35. The van der Waals surface area contributed by atoms with Gasteiger partial charge in [0.25, 0.3) is 5.92 Å². The number of halogens is 2. The van der Waals surface area contributed by atoms with Gasteiger partial charge in [0, 0.05) is 13.0 Å². The highest BCUT2D eigenvalue weighted by Crippen LogP contribution is 2.26. The quantitative estimate of drug-likeness (QED) is 0.654. The van der Waals surface area contributed by atoms with E-state index in [0.717, 1.165) is 13.0 Å². The molecule has 0 amide bonds. The largest absolute Gasteiger partial charge is 0.368 e. The van der Waals surface area contributed by atoms with Crippen molar-refractivity contribution in [1.29, 1.82) is 0 Å². The molecule has 0 aliphatic rings. The second-order valence-corrected chi connectivity index (χ2v) is 2.00. The van der Waals surface area contributed by atoms with Gasteiger partial charge in [0.2, 0.25) is 5.88 Å². The zero-order valence-corrected chi connectivity index (χ0v) is 5.27. The highest BCUT2D eigenvalue weighted by Gasteiger charge is 2.28. The van der Waals surface area contributed by atoms with Crippen LogP contribution in [0.2, 0.25) is 0 Å². The number of nitrogens with zero attached hydrogens (tertiary/aromatic N) is 1. The summed E-state index contributed by atoms with van der Waals surface area (Å²) >= 11 is 0. The molecule has 1 aromatic heterocycles. The molecule has 1 heterocycles. The molecule has 0 spiro atoms. The Bertz CT molecular complexity index is 228. The maximum Gasteiger partial charge on any atom is 0.290 e. The van der Waals surface area contributed by atoms with Crippen LogP contribution in [0, 0.1) is 0 Å². The Morgan fingerprint density at radius 2 is 2.30 bits per heavy atom. The summed E-state index contributed by atoms with van der Waals surface area (Å²) in [4.78, 5) is 0. The van der Waals surface area contributed by atoms with Gasteiger partial charge in [0.05, 0.1) is 0 Å². The van der Waals surface area contributed by atoms with Gasteiger partial charge in [-0.25, -0.2) is 0 Å². The number of hydrogen-bond donors (Lipinski definition) is 1. The van der Waals surface area contributed by atoms with Crippen molar-refractivity contribution < 1.29 is 13.3 Å². The molecule has 1 aromatic rings. The van der Waals surface area contributed by atoms with Crippen LogP contribution < -0.4 is 5.73 Å². The molecule has 0 atom stereocenters. The van der Waals surface area contributed by atoms with Gasteiger partial charge in [0.15, 0.2) is 5.69 Å². The van der Waals surface area contributed by atoms with Crippen LogP contribution in [0.15, 0.2) is 10.6 Å². The fourth-order valence-electron chi connectivity index (χ4n) is 0.496. The van der Waals surface area contributed by atoms with Crippen LogP contribution in [-0.4, -0.2) is 5.16 Å². The van der Waals surface area contributed by atoms with Crippen molar-refractivity contribution in [2.24, 2.45) is 0 Å². The van der Waals surface area contributed by atoms with E-state index in [1.807, 2.05) is 0 Å². The summed E-state index contributed by atoms with van der Waals surface area (Å²) in [6.07, 6.45) is 0. The first-order chi connectivity index (χ1) is 4.50. The Morgan fingerprint density at radius 3 is 2.50 bits per heavy atom. The van der Waals surface area contributed by atoms with Crippen molar-refractivity contribution in [3.05, 3.63) is 11.8 Å². The zero-order valence-electron chi connectivity index (χ0n) is 5.27. The second-order valence-electron chi connectivity index (χ2n) is 2.00. The highest BCUT2D eigenvalue weighted by molar-refractivity contribution is 5.26. The summed E-state index contributed by atoms with van der Waals surface area (Å²) < 4.78 is 28.8. The molecule has 0 saturated heterocycles. The van der Waals surface area contributed by atoms with E-state index in [1.165, 1.54) is 0 Å². The number of anilines is 1. The van der Waals surface area contributed by atoms with E-state index < -0.39 is 11.6 Å². The van der Waals surface area contributed by atoms with Gasteiger partial charge in [-0.2, -0.15) is 8.78 Å². The Morgan fingerprint density at radius 1 is 1.70 bits per heavy atom. The molecule has 10 heavy (non-hydrogen) atoms. The molecule has 0 bridgehead atoms. The first-order valence-electron chi connectivity index (χ1n) is 2.60.